The highest BCUT2D eigenvalue weighted by atomic mass is 35.5. The van der Waals surface area contributed by atoms with E-state index in [4.69, 9.17) is 16.3 Å². The maximum Gasteiger partial charge on any atom is 0.208 e. The van der Waals surface area contributed by atoms with Crippen molar-refractivity contribution in [1.82, 2.24) is 20.2 Å². The molecule has 0 amide bonds. The van der Waals surface area contributed by atoms with Crippen molar-refractivity contribution in [1.29, 1.82) is 0 Å². The summed E-state index contributed by atoms with van der Waals surface area (Å²) in [7, 11) is 0. The molecular formula is C16H17ClN4OS2. The van der Waals surface area contributed by atoms with Gasteiger partial charge in [0.1, 0.15) is 23.2 Å². The van der Waals surface area contributed by atoms with Crippen molar-refractivity contribution in [2.24, 2.45) is 0 Å². The zero-order valence-corrected chi connectivity index (χ0v) is 15.7. The van der Waals surface area contributed by atoms with E-state index in [0.717, 1.165) is 33.2 Å². The first kappa shape index (κ1) is 17.3. The van der Waals surface area contributed by atoms with Gasteiger partial charge in [-0.1, -0.05) is 37.2 Å². The summed E-state index contributed by atoms with van der Waals surface area (Å²) >= 11 is 9.02. The third-order valence-corrected chi connectivity index (χ3v) is 5.16. The molecule has 24 heavy (non-hydrogen) atoms. The number of hydrogen-bond acceptors (Lipinski definition) is 6. The Morgan fingerprint density at radius 1 is 1.25 bits per heavy atom. The van der Waals surface area contributed by atoms with Crippen LogP contribution in [0.5, 0.6) is 5.75 Å². The predicted molar refractivity (Wildman–Crippen MR) is 97.9 cm³/mol. The van der Waals surface area contributed by atoms with Crippen LogP contribution in [0.1, 0.15) is 36.3 Å². The van der Waals surface area contributed by atoms with Crippen LogP contribution in [0.15, 0.2) is 34.8 Å². The maximum absolute atomic E-state index is 5.86. The van der Waals surface area contributed by atoms with Crippen molar-refractivity contribution >= 4 is 34.7 Å². The first-order chi connectivity index (χ1) is 11.6. The molecule has 5 nitrogen and oxygen atoms in total. The summed E-state index contributed by atoms with van der Waals surface area (Å²) in [6, 6.07) is 7.32. The van der Waals surface area contributed by atoms with E-state index >= 15 is 0 Å². The quantitative estimate of drug-likeness (QED) is 0.590. The van der Waals surface area contributed by atoms with Crippen LogP contribution in [0.25, 0.3) is 0 Å². The number of rotatable bonds is 7. The van der Waals surface area contributed by atoms with Gasteiger partial charge < -0.3 is 4.74 Å². The van der Waals surface area contributed by atoms with Crippen LogP contribution in [0.2, 0.25) is 5.02 Å². The van der Waals surface area contributed by atoms with Gasteiger partial charge in [-0.05, 0) is 24.3 Å². The zero-order valence-electron chi connectivity index (χ0n) is 13.3. The number of nitrogens with one attached hydrogen (secondary N) is 1. The third kappa shape index (κ3) is 4.72. The molecule has 0 radical (unpaired) electrons. The Labute approximate surface area is 153 Å². The minimum absolute atomic E-state index is 0.350. The number of nitrogens with zero attached hydrogens (tertiary/aromatic N) is 3. The van der Waals surface area contributed by atoms with E-state index in [0.29, 0.717) is 17.5 Å². The Hall–Kier alpha value is -1.57. The molecule has 0 aliphatic rings. The van der Waals surface area contributed by atoms with Crippen LogP contribution in [0.3, 0.4) is 0 Å². The monoisotopic (exact) mass is 380 g/mol. The van der Waals surface area contributed by atoms with Crippen LogP contribution >= 0.6 is 34.7 Å². The number of H-pyrrole nitrogens is 1. The summed E-state index contributed by atoms with van der Waals surface area (Å²) in [5, 5.41) is 11.6. The molecule has 0 unspecified atom stereocenters. The number of ether oxygens (including phenoxy) is 1. The van der Waals surface area contributed by atoms with Gasteiger partial charge in [0.2, 0.25) is 5.16 Å². The van der Waals surface area contributed by atoms with E-state index in [9.17, 15) is 0 Å². The van der Waals surface area contributed by atoms with Crippen LogP contribution in [0.4, 0.5) is 0 Å². The van der Waals surface area contributed by atoms with E-state index in [-0.39, 0.29) is 0 Å². The van der Waals surface area contributed by atoms with Gasteiger partial charge in [-0.15, -0.1) is 16.4 Å². The summed E-state index contributed by atoms with van der Waals surface area (Å²) in [6.45, 7) is 4.62. The molecule has 0 saturated carbocycles. The molecule has 1 N–H and O–H groups in total. The molecule has 0 spiro atoms. The van der Waals surface area contributed by atoms with Gasteiger partial charge in [0.15, 0.2) is 0 Å². The molecule has 0 aliphatic heterocycles. The van der Waals surface area contributed by atoms with Crippen molar-refractivity contribution in [3.63, 3.8) is 0 Å². The Morgan fingerprint density at radius 3 is 2.75 bits per heavy atom. The number of halogens is 1. The molecule has 0 saturated heterocycles. The summed E-state index contributed by atoms with van der Waals surface area (Å²) in [5.41, 5.74) is 1.01. The second-order valence-corrected chi connectivity index (χ2v) is 7.74. The number of thioether (sulfide) groups is 1. The van der Waals surface area contributed by atoms with Crippen molar-refractivity contribution in [2.45, 2.75) is 37.3 Å². The lowest BCUT2D eigenvalue weighted by Crippen LogP contribution is -1.95. The van der Waals surface area contributed by atoms with Gasteiger partial charge in [-0.25, -0.2) is 9.97 Å². The third-order valence-electron chi connectivity index (χ3n) is 3.15. The van der Waals surface area contributed by atoms with Crippen molar-refractivity contribution in [3.8, 4) is 5.75 Å². The van der Waals surface area contributed by atoms with Crippen LogP contribution in [-0.2, 0) is 12.4 Å². The number of hydrogen-bond donors (Lipinski definition) is 1. The number of aromatic amines is 1. The SMILES string of the molecule is CC(C)c1nc(SCc2csc(COc3ccc(Cl)cc3)n2)n[nH]1. The highest BCUT2D eigenvalue weighted by Gasteiger charge is 2.09. The number of aromatic nitrogens is 4. The van der Waals surface area contributed by atoms with Crippen molar-refractivity contribution in [3.05, 3.63) is 51.2 Å². The molecule has 3 aromatic rings. The predicted octanol–water partition coefficient (Wildman–Crippen LogP) is 4.91. The lowest BCUT2D eigenvalue weighted by atomic mass is 10.2. The average molecular weight is 381 g/mol. The normalized spacial score (nSPS) is 11.2. The molecule has 2 heterocycles. The Kier molecular flexibility index (Phi) is 5.76. The molecule has 2 aromatic heterocycles. The Morgan fingerprint density at radius 2 is 2.04 bits per heavy atom. The minimum Gasteiger partial charge on any atom is -0.486 e. The summed E-state index contributed by atoms with van der Waals surface area (Å²) in [4.78, 5) is 9.03. The van der Waals surface area contributed by atoms with E-state index in [2.05, 4.69) is 34.0 Å². The van der Waals surface area contributed by atoms with Crippen LogP contribution in [0, 0.1) is 0 Å². The standard InChI is InChI=1S/C16H17ClN4OS2/c1-10(2)15-19-16(21-20-15)24-9-12-8-23-14(18-12)7-22-13-5-3-11(17)4-6-13/h3-6,8,10H,7,9H2,1-2H3,(H,19,20,21). The molecule has 0 aliphatic carbocycles. The maximum atomic E-state index is 5.86. The first-order valence-corrected chi connectivity index (χ1v) is 9.71. The van der Waals surface area contributed by atoms with E-state index in [1.54, 1.807) is 23.1 Å². The molecule has 3 rings (SSSR count). The molecular weight excluding hydrogens is 364 g/mol. The van der Waals surface area contributed by atoms with Gasteiger partial charge >= 0.3 is 0 Å². The summed E-state index contributed by atoms with van der Waals surface area (Å²) in [5.74, 6) is 2.79. The largest absolute Gasteiger partial charge is 0.486 e. The van der Waals surface area contributed by atoms with Crippen molar-refractivity contribution in [2.75, 3.05) is 0 Å². The molecule has 8 heteroatoms. The second-order valence-electron chi connectivity index (χ2n) is 5.42. The Balaban J connectivity index is 1.50. The molecule has 0 fully saturated rings. The van der Waals surface area contributed by atoms with Gasteiger partial charge in [-0.2, -0.15) is 0 Å². The van der Waals surface area contributed by atoms with E-state index in [1.807, 2.05) is 29.6 Å². The lowest BCUT2D eigenvalue weighted by molar-refractivity contribution is 0.305. The molecule has 0 atom stereocenters. The second kappa shape index (κ2) is 8.00. The molecule has 126 valence electrons. The smallest absolute Gasteiger partial charge is 0.208 e. The van der Waals surface area contributed by atoms with Gasteiger partial charge in [0.25, 0.3) is 0 Å². The van der Waals surface area contributed by atoms with Crippen molar-refractivity contribution < 1.29 is 4.74 Å². The van der Waals surface area contributed by atoms with E-state index in [1.165, 1.54) is 0 Å². The lowest BCUT2D eigenvalue weighted by Gasteiger charge is -2.03. The van der Waals surface area contributed by atoms with Crippen LogP contribution < -0.4 is 4.74 Å². The van der Waals surface area contributed by atoms with E-state index < -0.39 is 0 Å². The van der Waals surface area contributed by atoms with Gasteiger partial charge in [0.05, 0.1) is 5.69 Å². The minimum atomic E-state index is 0.350. The fourth-order valence-electron chi connectivity index (χ4n) is 1.88. The molecule has 1 aromatic carbocycles. The summed E-state index contributed by atoms with van der Waals surface area (Å²) < 4.78 is 5.71. The first-order valence-electron chi connectivity index (χ1n) is 7.47. The van der Waals surface area contributed by atoms with Crippen LogP contribution in [-0.4, -0.2) is 20.2 Å². The highest BCUT2D eigenvalue weighted by Crippen LogP contribution is 2.23. The fourth-order valence-corrected chi connectivity index (χ4v) is 3.51. The van der Waals surface area contributed by atoms with Gasteiger partial charge in [-0.3, -0.25) is 5.10 Å². The van der Waals surface area contributed by atoms with Gasteiger partial charge in [0, 0.05) is 22.1 Å². The topological polar surface area (TPSA) is 63.7 Å². The number of benzene rings is 1. The summed E-state index contributed by atoms with van der Waals surface area (Å²) in [6.07, 6.45) is 0. The zero-order chi connectivity index (χ0) is 16.9. The fraction of sp³-hybridized carbons (Fsp3) is 0.312. The number of thiazole rings is 1. The molecule has 0 bridgehead atoms. The Bertz CT molecular complexity index is 785. The highest BCUT2D eigenvalue weighted by molar-refractivity contribution is 7.98. The average Bonchev–Trinajstić information content (AvgIpc) is 3.22.